The van der Waals surface area contributed by atoms with E-state index >= 15 is 0 Å². The number of esters is 1. The van der Waals surface area contributed by atoms with Gasteiger partial charge in [-0.1, -0.05) is 13.8 Å². The lowest BCUT2D eigenvalue weighted by molar-refractivity contribution is -0.227. The molecule has 5 aliphatic rings. The van der Waals surface area contributed by atoms with E-state index in [1.807, 2.05) is 6.07 Å². The number of aliphatic imine (C=N–C) groups is 1. The number of guanidine groups is 1. The van der Waals surface area contributed by atoms with Crippen molar-refractivity contribution in [2.24, 2.45) is 39.1 Å². The molecule has 1 aromatic heterocycles. The van der Waals surface area contributed by atoms with E-state index in [0.717, 1.165) is 37.7 Å². The minimum Gasteiger partial charge on any atom is -0.480 e. The second-order valence-corrected chi connectivity index (χ2v) is 15.7. The Labute approximate surface area is 286 Å². The van der Waals surface area contributed by atoms with Crippen molar-refractivity contribution in [3.63, 3.8) is 0 Å². The van der Waals surface area contributed by atoms with Crippen molar-refractivity contribution >= 4 is 23.8 Å². The second-order valence-electron chi connectivity index (χ2n) is 15.7. The Bertz CT molecular complexity index is 1510. The molecule has 0 aromatic carbocycles. The van der Waals surface area contributed by atoms with Crippen molar-refractivity contribution < 1.29 is 38.5 Å². The van der Waals surface area contributed by atoms with Crippen molar-refractivity contribution in [2.75, 3.05) is 6.54 Å². The van der Waals surface area contributed by atoms with Gasteiger partial charge in [-0.3, -0.25) is 14.6 Å². The lowest BCUT2D eigenvalue weighted by atomic mass is 9.42. The van der Waals surface area contributed by atoms with E-state index in [9.17, 15) is 29.4 Å². The van der Waals surface area contributed by atoms with E-state index in [1.165, 1.54) is 6.07 Å². The molecule has 4 saturated carbocycles. The summed E-state index contributed by atoms with van der Waals surface area (Å²) in [5, 5.41) is 24.2. The third-order valence-corrected chi connectivity index (χ3v) is 13.2. The maximum Gasteiger partial charge on any atom is 0.335 e. The molecule has 1 saturated heterocycles. The summed E-state index contributed by atoms with van der Waals surface area (Å²) < 4.78 is 17.8. The second kappa shape index (κ2) is 13.4. The van der Waals surface area contributed by atoms with E-state index in [0.29, 0.717) is 50.4 Å². The number of amides is 1. The van der Waals surface area contributed by atoms with Crippen LogP contribution >= 0.6 is 0 Å². The van der Waals surface area contributed by atoms with Gasteiger partial charge in [0.2, 0.25) is 5.91 Å². The number of carbonyl (C=O) groups is 3. The highest BCUT2D eigenvalue weighted by Crippen LogP contribution is 2.78. The number of hydrogen-bond acceptors (Lipinski definition) is 9. The Hall–Kier alpha value is -3.45. The fourth-order valence-corrected chi connectivity index (χ4v) is 10.6. The monoisotopic (exact) mass is 684 g/mol. The van der Waals surface area contributed by atoms with Crippen molar-refractivity contribution in [1.82, 2.24) is 5.32 Å². The van der Waals surface area contributed by atoms with Gasteiger partial charge in [0, 0.05) is 37.3 Å². The summed E-state index contributed by atoms with van der Waals surface area (Å²) in [6, 6.07) is 2.38. The quantitative estimate of drug-likeness (QED) is 0.0668. The van der Waals surface area contributed by atoms with E-state index < -0.39 is 17.6 Å². The van der Waals surface area contributed by atoms with Gasteiger partial charge < -0.3 is 40.9 Å². The van der Waals surface area contributed by atoms with E-state index in [2.05, 4.69) is 24.2 Å². The molecule has 7 N–H and O–H groups in total. The fraction of sp³-hybridized carbons (Fsp3) is 0.750. The molecule has 0 radical (unpaired) electrons. The van der Waals surface area contributed by atoms with Crippen molar-refractivity contribution in [2.45, 2.75) is 139 Å². The van der Waals surface area contributed by atoms with Crippen LogP contribution in [0.3, 0.4) is 0 Å². The van der Waals surface area contributed by atoms with Crippen molar-refractivity contribution in [1.29, 1.82) is 0 Å². The molecule has 1 aromatic rings. The minimum absolute atomic E-state index is 0.0641. The molecule has 6 rings (SSSR count). The Morgan fingerprint density at radius 1 is 1.04 bits per heavy atom. The largest absolute Gasteiger partial charge is 0.480 e. The summed E-state index contributed by atoms with van der Waals surface area (Å²) in [6.45, 7) is 4.86. The summed E-state index contributed by atoms with van der Waals surface area (Å²) in [5.41, 5.74) is 9.76. The zero-order valence-corrected chi connectivity index (χ0v) is 28.7. The number of nitrogens with one attached hydrogen (secondary N) is 1. The first-order chi connectivity index (χ1) is 23.2. The average molecular weight is 685 g/mol. The number of aliphatic carboxylic acids is 1. The van der Waals surface area contributed by atoms with Crippen LogP contribution in [0.1, 0.15) is 115 Å². The number of epoxide rings is 1. The number of nitrogens with two attached hydrogens (primary N) is 2. The highest BCUT2D eigenvalue weighted by molar-refractivity contribution is 5.83. The van der Waals surface area contributed by atoms with E-state index in [1.54, 1.807) is 6.26 Å². The lowest BCUT2D eigenvalue weighted by Gasteiger charge is -2.64. The van der Waals surface area contributed by atoms with Crippen LogP contribution in [-0.2, 0) is 23.9 Å². The maximum atomic E-state index is 12.8. The van der Waals surface area contributed by atoms with Gasteiger partial charge in [0.05, 0.1) is 18.0 Å². The lowest BCUT2D eigenvalue weighted by Crippen LogP contribution is -2.65. The molecule has 1 aliphatic heterocycles. The molecule has 4 aliphatic carbocycles. The third kappa shape index (κ3) is 6.37. The first-order valence-corrected chi connectivity index (χ1v) is 18.0. The van der Waals surface area contributed by atoms with Crippen molar-refractivity contribution in [3.8, 4) is 0 Å². The van der Waals surface area contributed by atoms with Crippen LogP contribution in [0.2, 0.25) is 0 Å². The topological polar surface area (TPSA) is 220 Å². The molecular weight excluding hydrogens is 632 g/mol. The van der Waals surface area contributed by atoms with Crippen LogP contribution in [0, 0.1) is 22.7 Å². The van der Waals surface area contributed by atoms with E-state index in [-0.39, 0.29) is 83.8 Å². The number of unbranched alkanes of at least 4 members (excludes halogenated alkanes) is 1. The zero-order chi connectivity index (χ0) is 35.2. The van der Waals surface area contributed by atoms with Crippen LogP contribution < -0.4 is 22.4 Å². The maximum absolute atomic E-state index is 12.8. The molecule has 270 valence electrons. The zero-order valence-electron chi connectivity index (χ0n) is 28.7. The summed E-state index contributed by atoms with van der Waals surface area (Å²) in [4.78, 5) is 52.1. The number of carbonyl (C=O) groups excluding carboxylic acids is 2. The first kappa shape index (κ1) is 35.4. The van der Waals surface area contributed by atoms with Gasteiger partial charge in [-0.25, -0.2) is 9.59 Å². The molecule has 1 spiro atoms. The highest BCUT2D eigenvalue weighted by Gasteiger charge is 2.81. The predicted molar refractivity (Wildman–Crippen MR) is 178 cm³/mol. The van der Waals surface area contributed by atoms with Crippen LogP contribution in [0.5, 0.6) is 0 Å². The SMILES string of the molecule is C[C@]12CC[C@H](OC(=O)CCCCC(=O)N[C@@H](CCCN=C(N)N)C(=O)O)C[C@@]1(O)CC[C@@H]1[C@@H]2CC[C@]2(C)[C@@H](c3ccc(=O)oc3)C[C@H]3O[C@]132. The number of carboxylic acids is 1. The van der Waals surface area contributed by atoms with Gasteiger partial charge >= 0.3 is 17.6 Å². The molecular formula is C36H52N4O9. The molecule has 5 fully saturated rings. The smallest absolute Gasteiger partial charge is 0.335 e. The van der Waals surface area contributed by atoms with Crippen molar-refractivity contribution in [3.05, 3.63) is 34.4 Å². The Kier molecular flexibility index (Phi) is 9.64. The number of rotatable bonds is 13. The standard InChI is InChI=1S/C36H52N4O9/c1-33-14-11-22(48-30(43)8-4-3-7-28(41)40-26(31(44)45)6-5-17-39-32(37)38)19-35(33,46)16-13-24-23(33)12-15-34(2)25(18-27-36(24,34)49-27)21-9-10-29(42)47-20-21/h9-10,20,22-27,46H,3-8,11-19H2,1-2H3,(H,40,41)(H,44,45)(H4,37,38,39)/t22-,23-,24+,25+,26-,27+,33+,34+,35-,36+/m0/s1. The number of aliphatic hydroxyl groups is 1. The number of fused-ring (bicyclic) bond motifs is 3. The molecule has 0 unspecified atom stereocenters. The highest BCUT2D eigenvalue weighted by atomic mass is 16.6. The Morgan fingerprint density at radius 2 is 1.78 bits per heavy atom. The normalized spacial score (nSPS) is 37.7. The van der Waals surface area contributed by atoms with Crippen LogP contribution in [-0.4, -0.2) is 70.0 Å². The summed E-state index contributed by atoms with van der Waals surface area (Å²) >= 11 is 0. The number of ether oxygens (including phenoxy) is 2. The van der Waals surface area contributed by atoms with Gasteiger partial charge in [0.1, 0.15) is 17.7 Å². The van der Waals surface area contributed by atoms with Crippen LogP contribution in [0.4, 0.5) is 0 Å². The summed E-state index contributed by atoms with van der Waals surface area (Å²) in [6.07, 6.45) is 9.42. The molecule has 2 heterocycles. The minimum atomic E-state index is -1.13. The number of hydrogen-bond donors (Lipinski definition) is 5. The third-order valence-electron chi connectivity index (χ3n) is 13.2. The van der Waals surface area contributed by atoms with Crippen LogP contribution in [0.15, 0.2) is 32.6 Å². The van der Waals surface area contributed by atoms with Gasteiger partial charge in [-0.2, -0.15) is 0 Å². The molecule has 13 heteroatoms. The van der Waals surface area contributed by atoms with Gasteiger partial charge in [0.25, 0.3) is 0 Å². The fourth-order valence-electron chi connectivity index (χ4n) is 10.6. The summed E-state index contributed by atoms with van der Waals surface area (Å²) in [7, 11) is 0. The molecule has 13 nitrogen and oxygen atoms in total. The number of carboxylic acid groups (broad SMARTS) is 1. The molecule has 49 heavy (non-hydrogen) atoms. The molecule has 0 bridgehead atoms. The van der Waals surface area contributed by atoms with E-state index in [4.69, 9.17) is 25.4 Å². The number of nitrogens with zero attached hydrogens (tertiary/aromatic N) is 1. The van der Waals surface area contributed by atoms with Crippen LogP contribution in [0.25, 0.3) is 0 Å². The Morgan fingerprint density at radius 3 is 2.49 bits per heavy atom. The first-order valence-electron chi connectivity index (χ1n) is 18.0. The average Bonchev–Trinajstić information content (AvgIpc) is 3.70. The predicted octanol–water partition coefficient (Wildman–Crippen LogP) is 3.11. The molecule has 1 amide bonds. The van der Waals surface area contributed by atoms with Gasteiger partial charge in [0.15, 0.2) is 5.96 Å². The molecule has 10 atom stereocenters. The summed E-state index contributed by atoms with van der Waals surface area (Å²) in [5.74, 6) is -1.01. The van der Waals surface area contributed by atoms with Gasteiger partial charge in [-0.05, 0) is 105 Å². The Balaban J connectivity index is 0.977. The van der Waals surface area contributed by atoms with Gasteiger partial charge in [-0.15, -0.1) is 0 Å².